The third-order valence-electron chi connectivity index (χ3n) is 5.18. The number of halogens is 3. The van der Waals surface area contributed by atoms with Gasteiger partial charge in [-0.25, -0.2) is 0 Å². The van der Waals surface area contributed by atoms with Gasteiger partial charge in [0.1, 0.15) is 0 Å². The molecule has 2 amide bonds. The molecular formula is C19H24F3N3O2. The number of alkyl halides is 3. The summed E-state index contributed by atoms with van der Waals surface area (Å²) in [7, 11) is 0. The van der Waals surface area contributed by atoms with E-state index in [4.69, 9.17) is 0 Å². The van der Waals surface area contributed by atoms with Crippen LogP contribution in [0.2, 0.25) is 0 Å². The molecule has 2 fully saturated rings. The Hall–Kier alpha value is -2.09. The molecule has 0 bridgehead atoms. The van der Waals surface area contributed by atoms with Crippen molar-refractivity contribution in [2.75, 3.05) is 26.2 Å². The maximum absolute atomic E-state index is 12.8. The molecule has 2 unspecified atom stereocenters. The van der Waals surface area contributed by atoms with Gasteiger partial charge in [0, 0.05) is 26.1 Å². The highest BCUT2D eigenvalue weighted by Crippen LogP contribution is 2.30. The molecule has 0 aromatic heterocycles. The summed E-state index contributed by atoms with van der Waals surface area (Å²) in [5, 5.41) is 6.21. The Morgan fingerprint density at radius 2 is 2.15 bits per heavy atom. The van der Waals surface area contributed by atoms with Gasteiger partial charge in [-0.05, 0) is 49.5 Å². The van der Waals surface area contributed by atoms with E-state index in [0.29, 0.717) is 18.0 Å². The molecular weight excluding hydrogens is 359 g/mol. The van der Waals surface area contributed by atoms with Gasteiger partial charge in [-0.3, -0.25) is 9.59 Å². The second kappa shape index (κ2) is 8.29. The molecule has 5 nitrogen and oxygen atoms in total. The normalized spacial score (nSPS) is 23.5. The largest absolute Gasteiger partial charge is 0.416 e. The van der Waals surface area contributed by atoms with Crippen LogP contribution in [0.1, 0.15) is 30.4 Å². The lowest BCUT2D eigenvalue weighted by Gasteiger charge is -2.23. The van der Waals surface area contributed by atoms with Gasteiger partial charge in [0.2, 0.25) is 11.8 Å². The highest BCUT2D eigenvalue weighted by atomic mass is 19.4. The van der Waals surface area contributed by atoms with E-state index in [1.54, 1.807) is 6.07 Å². The topological polar surface area (TPSA) is 61.4 Å². The first-order valence-electron chi connectivity index (χ1n) is 9.25. The van der Waals surface area contributed by atoms with Gasteiger partial charge in [-0.15, -0.1) is 0 Å². The minimum Gasteiger partial charge on any atom is -0.355 e. The molecule has 148 valence electrons. The second-order valence-electron chi connectivity index (χ2n) is 7.33. The first kappa shape index (κ1) is 19.7. The molecule has 2 aliphatic heterocycles. The molecule has 2 heterocycles. The van der Waals surface area contributed by atoms with Crippen LogP contribution in [0.3, 0.4) is 0 Å². The first-order chi connectivity index (χ1) is 12.8. The molecule has 1 aromatic rings. The Morgan fingerprint density at radius 1 is 1.33 bits per heavy atom. The lowest BCUT2D eigenvalue weighted by atomic mass is 9.99. The summed E-state index contributed by atoms with van der Waals surface area (Å²) in [6.07, 6.45) is -2.15. The molecule has 2 aliphatic rings. The number of carbonyl (C=O) groups excluding carboxylic acids is 2. The zero-order valence-electron chi connectivity index (χ0n) is 15.0. The van der Waals surface area contributed by atoms with Gasteiger partial charge in [0.25, 0.3) is 0 Å². The van der Waals surface area contributed by atoms with Crippen molar-refractivity contribution in [1.29, 1.82) is 0 Å². The van der Waals surface area contributed by atoms with E-state index in [1.165, 1.54) is 11.0 Å². The first-order valence-corrected chi connectivity index (χ1v) is 9.25. The minimum absolute atomic E-state index is 0.0824. The van der Waals surface area contributed by atoms with Crippen LogP contribution in [0.25, 0.3) is 0 Å². The Bertz CT molecular complexity index is 687. The average molecular weight is 383 g/mol. The van der Waals surface area contributed by atoms with Crippen molar-refractivity contribution < 1.29 is 22.8 Å². The van der Waals surface area contributed by atoms with Crippen molar-refractivity contribution in [3.8, 4) is 0 Å². The molecule has 2 N–H and O–H groups in total. The number of hydrogen-bond acceptors (Lipinski definition) is 3. The summed E-state index contributed by atoms with van der Waals surface area (Å²) in [5.74, 6) is -0.395. The number of amides is 2. The SMILES string of the molecule is O=C(NCC1CCCNC1)C1CC(=O)N(Cc2cccc(C(F)(F)F)c2)C1. The van der Waals surface area contributed by atoms with Crippen LogP contribution in [0, 0.1) is 11.8 Å². The molecule has 2 saturated heterocycles. The number of benzene rings is 1. The van der Waals surface area contributed by atoms with Gasteiger partial charge < -0.3 is 15.5 Å². The van der Waals surface area contributed by atoms with E-state index in [-0.39, 0.29) is 31.3 Å². The predicted molar refractivity (Wildman–Crippen MR) is 93.6 cm³/mol. The van der Waals surface area contributed by atoms with E-state index in [0.717, 1.165) is 38.1 Å². The maximum atomic E-state index is 12.8. The number of nitrogens with zero attached hydrogens (tertiary/aromatic N) is 1. The van der Waals surface area contributed by atoms with E-state index in [1.807, 2.05) is 0 Å². The van der Waals surface area contributed by atoms with Crippen molar-refractivity contribution in [1.82, 2.24) is 15.5 Å². The smallest absolute Gasteiger partial charge is 0.355 e. The van der Waals surface area contributed by atoms with E-state index in [9.17, 15) is 22.8 Å². The summed E-state index contributed by atoms with van der Waals surface area (Å²) in [5.41, 5.74) is -0.324. The van der Waals surface area contributed by atoms with Crippen LogP contribution in [0.4, 0.5) is 13.2 Å². The van der Waals surface area contributed by atoms with Gasteiger partial charge in [0.05, 0.1) is 11.5 Å². The Kier molecular flexibility index (Phi) is 6.04. The maximum Gasteiger partial charge on any atom is 0.416 e. The van der Waals surface area contributed by atoms with Gasteiger partial charge in [-0.1, -0.05) is 12.1 Å². The van der Waals surface area contributed by atoms with Crippen LogP contribution >= 0.6 is 0 Å². The van der Waals surface area contributed by atoms with Gasteiger partial charge in [0.15, 0.2) is 0 Å². The highest BCUT2D eigenvalue weighted by molar-refractivity contribution is 5.89. The van der Waals surface area contributed by atoms with Crippen LogP contribution < -0.4 is 10.6 Å². The number of likely N-dealkylation sites (tertiary alicyclic amines) is 1. The lowest BCUT2D eigenvalue weighted by Crippen LogP contribution is -2.40. The molecule has 0 saturated carbocycles. The van der Waals surface area contributed by atoms with Crippen LogP contribution in [-0.2, 0) is 22.3 Å². The van der Waals surface area contributed by atoms with Crippen LogP contribution in [0.15, 0.2) is 24.3 Å². The fourth-order valence-electron chi connectivity index (χ4n) is 3.65. The summed E-state index contributed by atoms with van der Waals surface area (Å²) < 4.78 is 38.5. The lowest BCUT2D eigenvalue weighted by molar-refractivity contribution is -0.137. The monoisotopic (exact) mass is 383 g/mol. The molecule has 2 atom stereocenters. The Labute approximate surface area is 156 Å². The zero-order chi connectivity index (χ0) is 19.4. The molecule has 3 rings (SSSR count). The molecule has 0 radical (unpaired) electrons. The Morgan fingerprint density at radius 3 is 2.85 bits per heavy atom. The fraction of sp³-hybridized carbons (Fsp3) is 0.579. The van der Waals surface area contributed by atoms with Crippen molar-refractivity contribution in [2.24, 2.45) is 11.8 Å². The second-order valence-corrected chi connectivity index (χ2v) is 7.33. The number of nitrogens with one attached hydrogen (secondary N) is 2. The highest BCUT2D eigenvalue weighted by Gasteiger charge is 2.35. The Balaban J connectivity index is 1.53. The molecule has 27 heavy (non-hydrogen) atoms. The summed E-state index contributed by atoms with van der Waals surface area (Å²) >= 11 is 0. The predicted octanol–water partition coefficient (Wildman–Crippen LogP) is 2.17. The van der Waals surface area contributed by atoms with Gasteiger partial charge in [-0.2, -0.15) is 13.2 Å². The average Bonchev–Trinajstić information content (AvgIpc) is 3.01. The van der Waals surface area contributed by atoms with Crippen LogP contribution in [-0.4, -0.2) is 42.9 Å². The summed E-state index contributed by atoms with van der Waals surface area (Å²) in [6, 6.07) is 4.95. The summed E-state index contributed by atoms with van der Waals surface area (Å²) in [6.45, 7) is 2.80. The van der Waals surface area contributed by atoms with E-state index in [2.05, 4.69) is 10.6 Å². The van der Waals surface area contributed by atoms with Crippen LogP contribution in [0.5, 0.6) is 0 Å². The molecule has 1 aromatic carbocycles. The van der Waals surface area contributed by atoms with Crippen molar-refractivity contribution in [3.05, 3.63) is 35.4 Å². The fourth-order valence-corrected chi connectivity index (χ4v) is 3.65. The minimum atomic E-state index is -4.42. The number of hydrogen-bond donors (Lipinski definition) is 2. The third-order valence-corrected chi connectivity index (χ3v) is 5.18. The summed E-state index contributed by atoms with van der Waals surface area (Å²) in [4.78, 5) is 26.0. The van der Waals surface area contributed by atoms with E-state index < -0.39 is 17.7 Å². The molecule has 0 spiro atoms. The standard InChI is InChI=1S/C19H24F3N3O2/c20-19(21,22)16-5-1-3-13(7-16)11-25-12-15(8-17(25)26)18(27)24-10-14-4-2-6-23-9-14/h1,3,5,7,14-15,23H,2,4,6,8-12H2,(H,24,27). The third kappa shape index (κ3) is 5.22. The van der Waals surface area contributed by atoms with Gasteiger partial charge >= 0.3 is 6.18 Å². The van der Waals surface area contributed by atoms with Crippen molar-refractivity contribution in [2.45, 2.75) is 32.0 Å². The van der Waals surface area contributed by atoms with Crippen molar-refractivity contribution >= 4 is 11.8 Å². The number of piperidine rings is 1. The van der Waals surface area contributed by atoms with Crippen molar-refractivity contribution in [3.63, 3.8) is 0 Å². The number of rotatable bonds is 5. The number of carbonyl (C=O) groups is 2. The quantitative estimate of drug-likeness (QED) is 0.819. The van der Waals surface area contributed by atoms with E-state index >= 15 is 0 Å². The molecule has 0 aliphatic carbocycles. The zero-order valence-corrected chi connectivity index (χ0v) is 15.0. The molecule has 8 heteroatoms.